The lowest BCUT2D eigenvalue weighted by Gasteiger charge is -2.17. The smallest absolute Gasteiger partial charge is 0.236 e. The second-order valence-electron chi connectivity index (χ2n) is 5.28. The number of nitrogens with zero attached hydrogens (tertiary/aromatic N) is 1. The highest BCUT2D eigenvalue weighted by Gasteiger charge is 2.60. The third-order valence-electron chi connectivity index (χ3n) is 3.99. The Labute approximate surface area is 126 Å². The third-order valence-corrected chi connectivity index (χ3v) is 4.77. The van der Waals surface area contributed by atoms with E-state index in [0.717, 1.165) is 0 Å². The molecule has 0 spiro atoms. The molecule has 7 heteroatoms. The van der Waals surface area contributed by atoms with E-state index >= 15 is 0 Å². The molecule has 0 saturated carbocycles. The monoisotopic (exact) mass is 311 g/mol. The number of fused-ring (bicyclic) bond motifs is 5. The number of carbonyl (C=O) groups excluding carboxylic acids is 3. The predicted molar refractivity (Wildman–Crippen MR) is 75.5 cm³/mol. The highest BCUT2D eigenvalue weighted by atomic mass is 32.2. The van der Waals surface area contributed by atoms with Crippen LogP contribution in [0.2, 0.25) is 0 Å². The van der Waals surface area contributed by atoms with E-state index < -0.39 is 0 Å². The Kier molecular flexibility index (Phi) is 4.14. The first kappa shape index (κ1) is 14.7. The van der Waals surface area contributed by atoms with Crippen LogP contribution in [-0.4, -0.2) is 59.5 Å². The van der Waals surface area contributed by atoms with Crippen molar-refractivity contribution in [3.05, 3.63) is 12.2 Å². The van der Waals surface area contributed by atoms with E-state index in [9.17, 15) is 14.4 Å². The largest absolute Gasteiger partial charge is 0.379 e. The molecule has 2 bridgehead atoms. The van der Waals surface area contributed by atoms with Crippen LogP contribution in [0.4, 0.5) is 0 Å². The minimum atomic E-state index is -0.347. The molecule has 0 aromatic carbocycles. The number of imide groups is 1. The lowest BCUT2D eigenvalue weighted by Crippen LogP contribution is -2.37. The van der Waals surface area contributed by atoms with Crippen molar-refractivity contribution in [2.24, 2.45) is 11.8 Å². The molecule has 0 radical (unpaired) electrons. The average Bonchev–Trinajstić information content (AvgIpc) is 3.10. The minimum Gasteiger partial charge on any atom is -0.379 e. The van der Waals surface area contributed by atoms with E-state index in [-0.39, 0.29) is 47.5 Å². The maximum absolute atomic E-state index is 12.3. The molecule has 0 N–H and O–H groups in total. The van der Waals surface area contributed by atoms with Crippen molar-refractivity contribution in [1.29, 1.82) is 0 Å². The minimum absolute atomic E-state index is 0.0549. The Morgan fingerprint density at radius 1 is 1.24 bits per heavy atom. The van der Waals surface area contributed by atoms with Gasteiger partial charge in [-0.05, 0) is 0 Å². The molecule has 114 valence electrons. The summed E-state index contributed by atoms with van der Waals surface area (Å²) < 4.78 is 10.9. The van der Waals surface area contributed by atoms with Crippen LogP contribution in [0, 0.1) is 11.8 Å². The SMILES string of the molecule is CC(=O)SCCOCCN1C(=O)C2C3C=CC(O3)C2C1=O. The van der Waals surface area contributed by atoms with Crippen LogP contribution in [0.1, 0.15) is 6.92 Å². The highest BCUT2D eigenvalue weighted by Crippen LogP contribution is 2.44. The van der Waals surface area contributed by atoms with Crippen molar-refractivity contribution >= 4 is 28.7 Å². The second kappa shape index (κ2) is 5.90. The van der Waals surface area contributed by atoms with Crippen molar-refractivity contribution in [2.45, 2.75) is 19.1 Å². The molecular formula is C14H17NO5S. The number of hydrogen-bond donors (Lipinski definition) is 0. The van der Waals surface area contributed by atoms with Gasteiger partial charge in [-0.2, -0.15) is 0 Å². The number of likely N-dealkylation sites (tertiary alicyclic amines) is 1. The number of hydrogen-bond acceptors (Lipinski definition) is 6. The summed E-state index contributed by atoms with van der Waals surface area (Å²) in [5.41, 5.74) is 0. The fourth-order valence-corrected chi connectivity index (χ4v) is 3.58. The lowest BCUT2D eigenvalue weighted by molar-refractivity contribution is -0.143. The van der Waals surface area contributed by atoms with Crippen molar-refractivity contribution < 1.29 is 23.9 Å². The summed E-state index contributed by atoms with van der Waals surface area (Å²) in [6.07, 6.45) is 3.26. The number of rotatable bonds is 6. The van der Waals surface area contributed by atoms with E-state index in [1.54, 1.807) is 0 Å². The average molecular weight is 311 g/mol. The van der Waals surface area contributed by atoms with E-state index in [0.29, 0.717) is 19.0 Å². The molecule has 2 amide bonds. The van der Waals surface area contributed by atoms with Gasteiger partial charge in [-0.3, -0.25) is 19.3 Å². The summed E-state index contributed by atoms with van der Waals surface area (Å²) in [5.74, 6) is -0.404. The molecular weight excluding hydrogens is 294 g/mol. The van der Waals surface area contributed by atoms with Gasteiger partial charge in [0.25, 0.3) is 0 Å². The molecule has 3 aliphatic rings. The number of carbonyl (C=O) groups is 3. The van der Waals surface area contributed by atoms with E-state index in [1.165, 1.54) is 23.6 Å². The Balaban J connectivity index is 1.46. The van der Waals surface area contributed by atoms with Crippen molar-refractivity contribution in [3.8, 4) is 0 Å². The summed E-state index contributed by atoms with van der Waals surface area (Å²) in [6, 6.07) is 0. The van der Waals surface area contributed by atoms with Gasteiger partial charge < -0.3 is 9.47 Å². The molecule has 2 fully saturated rings. The molecule has 2 saturated heterocycles. The van der Waals surface area contributed by atoms with Gasteiger partial charge in [-0.15, -0.1) is 0 Å². The van der Waals surface area contributed by atoms with E-state index in [4.69, 9.17) is 9.47 Å². The quantitative estimate of drug-likeness (QED) is 0.397. The molecule has 4 unspecified atom stereocenters. The zero-order valence-electron chi connectivity index (χ0n) is 11.7. The fraction of sp³-hybridized carbons (Fsp3) is 0.643. The normalized spacial score (nSPS) is 33.1. The Bertz CT molecular complexity index is 476. The van der Waals surface area contributed by atoms with Crippen LogP contribution >= 0.6 is 11.8 Å². The van der Waals surface area contributed by atoms with Crippen molar-refractivity contribution in [3.63, 3.8) is 0 Å². The molecule has 21 heavy (non-hydrogen) atoms. The van der Waals surface area contributed by atoms with Gasteiger partial charge in [-0.25, -0.2) is 0 Å². The topological polar surface area (TPSA) is 72.9 Å². The first-order chi connectivity index (χ1) is 10.1. The standard InChI is InChI=1S/C14H17NO5S/c1-8(16)21-7-6-19-5-4-15-13(17)11-9-2-3-10(20-9)12(11)14(15)18/h2-3,9-12H,4-7H2,1H3. The Hall–Kier alpha value is -1.18. The van der Waals surface area contributed by atoms with Crippen LogP contribution in [0.3, 0.4) is 0 Å². The predicted octanol–water partition coefficient (Wildman–Crippen LogP) is 0.221. The second-order valence-corrected chi connectivity index (χ2v) is 6.55. The third kappa shape index (κ3) is 2.65. The van der Waals surface area contributed by atoms with Gasteiger partial charge in [0.2, 0.25) is 11.8 Å². The van der Waals surface area contributed by atoms with Crippen molar-refractivity contribution in [2.75, 3.05) is 25.5 Å². The Morgan fingerprint density at radius 2 is 1.86 bits per heavy atom. The van der Waals surface area contributed by atoms with Crippen LogP contribution in [-0.2, 0) is 23.9 Å². The van der Waals surface area contributed by atoms with Gasteiger partial charge in [0.15, 0.2) is 5.12 Å². The van der Waals surface area contributed by atoms with Gasteiger partial charge in [0.05, 0.1) is 43.8 Å². The molecule has 3 rings (SSSR count). The van der Waals surface area contributed by atoms with Crippen molar-refractivity contribution in [1.82, 2.24) is 4.90 Å². The highest BCUT2D eigenvalue weighted by molar-refractivity contribution is 8.13. The first-order valence-corrected chi connectivity index (χ1v) is 7.98. The van der Waals surface area contributed by atoms with Gasteiger partial charge >= 0.3 is 0 Å². The zero-order valence-corrected chi connectivity index (χ0v) is 12.5. The molecule has 0 aliphatic carbocycles. The summed E-state index contributed by atoms with van der Waals surface area (Å²) >= 11 is 1.20. The molecule has 0 aromatic rings. The molecule has 0 aromatic heterocycles. The van der Waals surface area contributed by atoms with Gasteiger partial charge in [-0.1, -0.05) is 23.9 Å². The van der Waals surface area contributed by atoms with Gasteiger partial charge in [0.1, 0.15) is 0 Å². The number of thioether (sulfide) groups is 1. The summed E-state index contributed by atoms with van der Waals surface area (Å²) in [5, 5.41) is 0.0549. The number of amides is 2. The van der Waals surface area contributed by atoms with Crippen LogP contribution in [0.25, 0.3) is 0 Å². The van der Waals surface area contributed by atoms with Gasteiger partial charge in [0, 0.05) is 12.7 Å². The van der Waals surface area contributed by atoms with Crippen LogP contribution in [0.15, 0.2) is 12.2 Å². The number of ether oxygens (including phenoxy) is 2. The van der Waals surface area contributed by atoms with Crippen LogP contribution < -0.4 is 0 Å². The zero-order chi connectivity index (χ0) is 15.0. The molecule has 3 aliphatic heterocycles. The van der Waals surface area contributed by atoms with E-state index in [1.807, 2.05) is 12.2 Å². The Morgan fingerprint density at radius 3 is 2.43 bits per heavy atom. The summed E-state index contributed by atoms with van der Waals surface area (Å²) in [7, 11) is 0. The molecule has 6 nitrogen and oxygen atoms in total. The fourth-order valence-electron chi connectivity index (χ4n) is 3.09. The summed E-state index contributed by atoms with van der Waals surface area (Å²) in [4.78, 5) is 36.6. The summed E-state index contributed by atoms with van der Waals surface area (Å²) in [6.45, 7) is 2.52. The molecule has 3 heterocycles. The first-order valence-electron chi connectivity index (χ1n) is 6.99. The molecule has 4 atom stereocenters. The maximum atomic E-state index is 12.3. The van der Waals surface area contributed by atoms with Crippen LogP contribution in [0.5, 0.6) is 0 Å². The maximum Gasteiger partial charge on any atom is 0.236 e. The lowest BCUT2D eigenvalue weighted by atomic mass is 9.85. The van der Waals surface area contributed by atoms with E-state index in [2.05, 4.69) is 0 Å².